The van der Waals surface area contributed by atoms with Crippen LogP contribution in [0.15, 0.2) is 223 Å². The number of hydrogen-bond acceptors (Lipinski definition) is 10. The second-order valence-electron chi connectivity index (χ2n) is 16.4. The molecule has 17 heteroatoms. The average molecular weight is 1170 g/mol. The van der Waals surface area contributed by atoms with Crippen LogP contribution in [0.5, 0.6) is 17.2 Å². The predicted molar refractivity (Wildman–Crippen MR) is 313 cm³/mol. The van der Waals surface area contributed by atoms with Crippen molar-refractivity contribution in [3.63, 3.8) is 0 Å². The molecule has 0 heterocycles. The van der Waals surface area contributed by atoms with Gasteiger partial charge in [0.05, 0.1) is 36.9 Å². The fourth-order valence-electron chi connectivity index (χ4n) is 7.12. The molecule has 0 radical (unpaired) electrons. The lowest BCUT2D eigenvalue weighted by Crippen LogP contribution is -2.09. The Morgan fingerprint density at radius 1 is 0.427 bits per heavy atom. The molecule has 0 fully saturated rings. The molecule has 0 spiro atoms. The first-order valence-electron chi connectivity index (χ1n) is 22.8. The average Bonchev–Trinajstić information content (AvgIpc) is 3.40. The number of halogens is 6. The molecule has 0 unspecified atom stereocenters. The number of aromatic hydroxyl groups is 3. The van der Waals surface area contributed by atoms with Crippen LogP contribution in [0.25, 0.3) is 0 Å². The van der Waals surface area contributed by atoms with E-state index in [9.17, 15) is 23.7 Å². The van der Waals surface area contributed by atoms with Crippen LogP contribution in [-0.2, 0) is 29.5 Å². The lowest BCUT2D eigenvalue weighted by Gasteiger charge is -2.13. The number of phenols is 3. The fraction of sp³-hybridized carbons (Fsp3) is 0.0690. The Morgan fingerprint density at radius 2 is 0.853 bits per heavy atom. The van der Waals surface area contributed by atoms with E-state index in [-0.39, 0.29) is 43.6 Å². The molecule has 8 nitrogen and oxygen atoms in total. The largest absolute Gasteiger partial charge is 0.506 e. The summed E-state index contributed by atoms with van der Waals surface area (Å²) in [7, 11) is -3.70. The quantitative estimate of drug-likeness (QED) is 0.0552. The molecular weight excluding hydrogens is 1130 g/mol. The van der Waals surface area contributed by atoms with Crippen LogP contribution in [0.4, 0.5) is 17.1 Å². The zero-order valence-electron chi connectivity index (χ0n) is 39.7. The lowest BCUT2D eigenvalue weighted by molar-refractivity contribution is 0.476. The van der Waals surface area contributed by atoms with Crippen LogP contribution in [0.3, 0.4) is 0 Å². The van der Waals surface area contributed by atoms with Crippen molar-refractivity contribution < 1.29 is 23.7 Å². The van der Waals surface area contributed by atoms with Gasteiger partial charge in [0.2, 0.25) is 9.84 Å². The molecule has 0 aromatic heterocycles. The molecule has 384 valence electrons. The predicted octanol–water partition coefficient (Wildman–Crippen LogP) is 18.4. The Bertz CT molecular complexity index is 3490. The molecule has 0 saturated carbocycles. The number of sulfone groups is 1. The van der Waals surface area contributed by atoms with Crippen LogP contribution < -0.4 is 16.0 Å². The number of hydrogen-bond donors (Lipinski definition) is 6. The fourth-order valence-corrected chi connectivity index (χ4v) is 11.8. The molecule has 9 aromatic carbocycles. The lowest BCUT2D eigenvalue weighted by atomic mass is 10.2. The summed E-state index contributed by atoms with van der Waals surface area (Å²) < 4.78 is 25.9. The zero-order valence-corrected chi connectivity index (χ0v) is 46.7. The van der Waals surface area contributed by atoms with E-state index in [2.05, 4.69) is 83.5 Å². The summed E-state index contributed by atoms with van der Waals surface area (Å²) in [5.74, 6) is 0.0523. The summed E-state index contributed by atoms with van der Waals surface area (Å²) in [4.78, 5) is 5.04. The van der Waals surface area contributed by atoms with Gasteiger partial charge in [-0.25, -0.2) is 8.42 Å². The maximum absolute atomic E-state index is 13.0. The van der Waals surface area contributed by atoms with Gasteiger partial charge in [0, 0.05) is 59.3 Å². The highest BCUT2D eigenvalue weighted by atomic mass is 35.5. The second kappa shape index (κ2) is 27.3. The van der Waals surface area contributed by atoms with Gasteiger partial charge in [-0.15, -0.1) is 0 Å². The van der Waals surface area contributed by atoms with Crippen molar-refractivity contribution in [3.05, 3.63) is 247 Å². The number of aryl methyl sites for hydroxylation is 1. The number of anilines is 3. The van der Waals surface area contributed by atoms with Crippen molar-refractivity contribution in [3.8, 4) is 17.2 Å². The Morgan fingerprint density at radius 3 is 1.40 bits per heavy atom. The van der Waals surface area contributed by atoms with E-state index in [1.54, 1.807) is 84.2 Å². The molecule has 0 bridgehead atoms. The zero-order chi connectivity index (χ0) is 53.5. The topological polar surface area (TPSA) is 131 Å². The molecule has 0 atom stereocenters. The minimum atomic E-state index is -3.70. The van der Waals surface area contributed by atoms with Crippen molar-refractivity contribution in [2.75, 3.05) is 16.0 Å². The van der Waals surface area contributed by atoms with E-state index in [0.717, 1.165) is 20.9 Å². The number of nitrogens with one attached hydrogen (secondary N) is 3. The van der Waals surface area contributed by atoms with Gasteiger partial charge < -0.3 is 31.3 Å². The molecule has 0 aliphatic rings. The standard InChI is InChI=1S/C20H17Cl2NOS.C19H15Cl2NO3S.C19H15Cl2NOS/c1-13-6-8-16(9-7-13)25-19-5-3-2-4-14(19)12-23-18-11-15(21)10-17(22)20(18)24;20-14-5-8-16(9-6-14)26(24,25)19-4-2-1-3-13(19)12-22-17-11-15(21)7-10-18(17)23;20-14-10-16(21)19(23)17(11-14)22-12-13-6-4-5-9-18(13)24-15-7-2-1-3-8-15/h2-11,23-24H,12H2,1H3;1-11,22-23H,12H2;1-11,22-23H,12H2. The number of rotatable bonds is 15. The van der Waals surface area contributed by atoms with Crippen LogP contribution >= 0.6 is 93.1 Å². The summed E-state index contributed by atoms with van der Waals surface area (Å²) in [6.45, 7) is 3.39. The Balaban J connectivity index is 0.000000164. The van der Waals surface area contributed by atoms with Crippen molar-refractivity contribution >= 4 is 120 Å². The first kappa shape index (κ1) is 56.9. The third-order valence-corrected chi connectivity index (χ3v) is 16.6. The van der Waals surface area contributed by atoms with Gasteiger partial charge in [-0.3, -0.25) is 0 Å². The molecule has 9 aromatic rings. The highest BCUT2D eigenvalue weighted by Gasteiger charge is 2.21. The smallest absolute Gasteiger partial charge is 0.206 e. The first-order valence-corrected chi connectivity index (χ1v) is 28.2. The highest BCUT2D eigenvalue weighted by Crippen LogP contribution is 2.39. The van der Waals surface area contributed by atoms with Gasteiger partial charge in [0.15, 0.2) is 11.5 Å². The van der Waals surface area contributed by atoms with E-state index in [1.165, 1.54) is 45.7 Å². The van der Waals surface area contributed by atoms with Crippen molar-refractivity contribution in [2.24, 2.45) is 0 Å². The van der Waals surface area contributed by atoms with Gasteiger partial charge in [0.25, 0.3) is 0 Å². The van der Waals surface area contributed by atoms with E-state index in [1.807, 2.05) is 42.5 Å². The van der Waals surface area contributed by atoms with Gasteiger partial charge in [-0.2, -0.15) is 0 Å². The summed E-state index contributed by atoms with van der Waals surface area (Å²) in [6.07, 6.45) is 0. The van der Waals surface area contributed by atoms with E-state index < -0.39 is 9.84 Å². The number of phenolic OH excluding ortho intramolecular Hbond substituents is 3. The maximum atomic E-state index is 13.0. The SMILES string of the molecule is Cc1ccc(Sc2ccccc2CNc2cc(Cl)cc(Cl)c2O)cc1.O=S(=O)(c1ccc(Cl)cc1)c1ccccc1CNc1cc(Cl)ccc1O.Oc1c(Cl)cc(Cl)cc1NCc1ccccc1Sc1ccccc1. The van der Waals surface area contributed by atoms with Gasteiger partial charge in [-0.1, -0.05) is 184 Å². The minimum absolute atomic E-state index is 0.00857. The Hall–Kier alpha value is -5.83. The molecule has 0 aliphatic carbocycles. The summed E-state index contributed by atoms with van der Waals surface area (Å²) in [6, 6.07) is 58.7. The van der Waals surface area contributed by atoms with Crippen LogP contribution in [-0.4, -0.2) is 23.7 Å². The molecule has 9 rings (SSSR count). The summed E-state index contributed by atoms with van der Waals surface area (Å²) in [5.41, 5.74) is 5.54. The first-order chi connectivity index (χ1) is 36.0. The van der Waals surface area contributed by atoms with Gasteiger partial charge in [-0.05, 0) is 133 Å². The third-order valence-electron chi connectivity index (χ3n) is 11.0. The van der Waals surface area contributed by atoms with Gasteiger partial charge in [0.1, 0.15) is 5.75 Å². The van der Waals surface area contributed by atoms with Crippen LogP contribution in [0.1, 0.15) is 22.3 Å². The molecule has 0 aliphatic heterocycles. The monoisotopic (exact) mass is 1170 g/mol. The van der Waals surface area contributed by atoms with Crippen LogP contribution in [0.2, 0.25) is 30.1 Å². The molecular formula is C58H47Cl6N3O5S3. The van der Waals surface area contributed by atoms with Gasteiger partial charge >= 0.3 is 0 Å². The molecule has 0 saturated heterocycles. The number of benzene rings is 9. The Kier molecular flexibility index (Phi) is 20.7. The normalized spacial score (nSPS) is 10.9. The van der Waals surface area contributed by atoms with E-state index >= 15 is 0 Å². The minimum Gasteiger partial charge on any atom is -0.506 e. The van der Waals surface area contributed by atoms with Crippen molar-refractivity contribution in [1.82, 2.24) is 0 Å². The van der Waals surface area contributed by atoms with E-state index in [4.69, 9.17) is 69.6 Å². The third kappa shape index (κ3) is 16.3. The van der Waals surface area contributed by atoms with E-state index in [0.29, 0.717) is 55.8 Å². The maximum Gasteiger partial charge on any atom is 0.206 e. The highest BCUT2D eigenvalue weighted by molar-refractivity contribution is 7.99. The van der Waals surface area contributed by atoms with Crippen LogP contribution in [0, 0.1) is 6.92 Å². The summed E-state index contributed by atoms with van der Waals surface area (Å²) >= 11 is 39.2. The van der Waals surface area contributed by atoms with Crippen molar-refractivity contribution in [2.45, 2.75) is 55.9 Å². The second-order valence-corrected chi connectivity index (χ2v) is 23.1. The molecule has 6 N–H and O–H groups in total. The Labute approximate surface area is 475 Å². The molecule has 0 amide bonds. The van der Waals surface area contributed by atoms with Crippen molar-refractivity contribution in [1.29, 1.82) is 0 Å². The summed E-state index contributed by atoms with van der Waals surface area (Å²) in [5, 5.41) is 41.8. The molecule has 75 heavy (non-hydrogen) atoms.